The van der Waals surface area contributed by atoms with Crippen LogP contribution >= 0.6 is 0 Å². The van der Waals surface area contributed by atoms with Gasteiger partial charge in [-0.15, -0.1) is 0 Å². The van der Waals surface area contributed by atoms with Gasteiger partial charge in [-0.05, 0) is 30.7 Å². The van der Waals surface area contributed by atoms with Gasteiger partial charge in [0.25, 0.3) is 0 Å². The Morgan fingerprint density at radius 3 is 2.50 bits per heavy atom. The normalized spacial score (nSPS) is 10.8. The summed E-state index contributed by atoms with van der Waals surface area (Å²) in [5, 5.41) is 9.78. The highest BCUT2D eigenvalue weighted by molar-refractivity contribution is 5.85. The van der Waals surface area contributed by atoms with Crippen LogP contribution in [0.2, 0.25) is 0 Å². The number of aliphatic imine (C=N–C) groups is 1. The summed E-state index contributed by atoms with van der Waals surface area (Å²) in [6.45, 7) is 1.87. The third kappa shape index (κ3) is 2.28. The molecule has 0 aliphatic carbocycles. The third-order valence-electron chi connectivity index (χ3n) is 2.38. The number of rotatable bonds is 2. The van der Waals surface area contributed by atoms with E-state index in [9.17, 15) is 5.11 Å². The summed E-state index contributed by atoms with van der Waals surface area (Å²) < 4.78 is 0. The Bertz CT molecular complexity index is 503. The lowest BCUT2D eigenvalue weighted by Gasteiger charge is -2.01. The molecule has 0 spiro atoms. The van der Waals surface area contributed by atoms with Crippen molar-refractivity contribution in [2.45, 2.75) is 6.92 Å². The van der Waals surface area contributed by atoms with E-state index in [0.29, 0.717) is 5.75 Å². The van der Waals surface area contributed by atoms with Crippen LogP contribution in [0.4, 0.5) is 5.69 Å². The van der Waals surface area contributed by atoms with E-state index >= 15 is 0 Å². The molecule has 0 aliphatic heterocycles. The molecule has 0 atom stereocenters. The van der Waals surface area contributed by atoms with Crippen LogP contribution < -0.4 is 0 Å². The monoisotopic (exact) mass is 211 g/mol. The number of phenols is 1. The summed E-state index contributed by atoms with van der Waals surface area (Å²) in [5.74, 6) is 0.294. The van der Waals surface area contributed by atoms with Crippen molar-refractivity contribution in [2.75, 3.05) is 0 Å². The number of benzene rings is 2. The van der Waals surface area contributed by atoms with Gasteiger partial charge >= 0.3 is 0 Å². The Hall–Kier alpha value is -2.09. The zero-order valence-corrected chi connectivity index (χ0v) is 9.09. The highest BCUT2D eigenvalue weighted by atomic mass is 16.3. The summed E-state index contributed by atoms with van der Waals surface area (Å²) in [6, 6.07) is 15.3. The molecule has 16 heavy (non-hydrogen) atoms. The predicted octanol–water partition coefficient (Wildman–Crippen LogP) is 3.45. The van der Waals surface area contributed by atoms with E-state index in [1.165, 1.54) is 0 Å². The first kappa shape index (κ1) is 10.4. The van der Waals surface area contributed by atoms with Gasteiger partial charge in [0, 0.05) is 11.8 Å². The Balaban J connectivity index is 2.28. The van der Waals surface area contributed by atoms with Crippen molar-refractivity contribution in [2.24, 2.45) is 4.99 Å². The summed E-state index contributed by atoms with van der Waals surface area (Å²) in [6.07, 6.45) is 1.68. The maximum Gasteiger partial charge on any atom is 0.127 e. The molecule has 0 radical (unpaired) electrons. The highest BCUT2D eigenvalue weighted by Gasteiger charge is 1.99. The van der Waals surface area contributed by atoms with E-state index in [1.807, 2.05) is 55.5 Å². The van der Waals surface area contributed by atoms with E-state index in [1.54, 1.807) is 6.21 Å². The van der Waals surface area contributed by atoms with E-state index in [4.69, 9.17) is 0 Å². The minimum absolute atomic E-state index is 0.294. The van der Waals surface area contributed by atoms with Gasteiger partial charge in [-0.25, -0.2) is 0 Å². The molecule has 2 aromatic carbocycles. The second-order valence-corrected chi connectivity index (χ2v) is 3.61. The van der Waals surface area contributed by atoms with Gasteiger partial charge < -0.3 is 5.11 Å². The molecule has 2 rings (SSSR count). The lowest BCUT2D eigenvalue weighted by Crippen LogP contribution is -1.84. The molecule has 2 nitrogen and oxygen atoms in total. The Morgan fingerprint density at radius 1 is 1.00 bits per heavy atom. The Kier molecular flexibility index (Phi) is 3.01. The minimum Gasteiger partial charge on any atom is -0.507 e. The largest absolute Gasteiger partial charge is 0.507 e. The molecule has 0 saturated carbocycles. The van der Waals surface area contributed by atoms with Gasteiger partial charge in [0.2, 0.25) is 0 Å². The van der Waals surface area contributed by atoms with E-state index < -0.39 is 0 Å². The molecule has 80 valence electrons. The first-order valence-corrected chi connectivity index (χ1v) is 5.15. The van der Waals surface area contributed by atoms with Crippen molar-refractivity contribution in [3.63, 3.8) is 0 Å². The van der Waals surface area contributed by atoms with Gasteiger partial charge in [0.1, 0.15) is 5.75 Å². The van der Waals surface area contributed by atoms with Crippen LogP contribution in [0.5, 0.6) is 5.75 Å². The van der Waals surface area contributed by atoms with Crippen molar-refractivity contribution in [3.05, 3.63) is 59.7 Å². The van der Waals surface area contributed by atoms with Crippen molar-refractivity contribution < 1.29 is 5.11 Å². The van der Waals surface area contributed by atoms with Gasteiger partial charge in [-0.3, -0.25) is 4.99 Å². The highest BCUT2D eigenvalue weighted by Crippen LogP contribution is 2.20. The first-order valence-electron chi connectivity index (χ1n) is 5.15. The molecular formula is C14H13NO. The number of hydrogen-bond acceptors (Lipinski definition) is 2. The zero-order chi connectivity index (χ0) is 11.4. The molecule has 1 N–H and O–H groups in total. The van der Waals surface area contributed by atoms with Crippen molar-refractivity contribution >= 4 is 11.9 Å². The van der Waals surface area contributed by atoms with E-state index in [0.717, 1.165) is 16.8 Å². The molecule has 0 saturated heterocycles. The average Bonchev–Trinajstić information content (AvgIpc) is 2.32. The molecule has 0 bridgehead atoms. The van der Waals surface area contributed by atoms with Crippen molar-refractivity contribution in [3.8, 4) is 5.75 Å². The molecule has 0 unspecified atom stereocenters. The lowest BCUT2D eigenvalue weighted by atomic mass is 10.1. The standard InChI is InChI=1S/C14H13NO/c1-11-6-5-7-12(14(11)16)10-15-13-8-3-2-4-9-13/h2-10,16H,1H3/b15-10+. The fourth-order valence-corrected chi connectivity index (χ4v) is 1.44. The molecule has 0 heterocycles. The molecule has 2 heteroatoms. The maximum atomic E-state index is 9.78. The second-order valence-electron chi connectivity index (χ2n) is 3.61. The molecule has 0 amide bonds. The molecule has 0 aliphatic rings. The second kappa shape index (κ2) is 4.62. The SMILES string of the molecule is Cc1cccc(/C=N/c2ccccc2)c1O. The van der Waals surface area contributed by atoms with E-state index in [2.05, 4.69) is 4.99 Å². The Labute approximate surface area is 94.9 Å². The van der Waals surface area contributed by atoms with Gasteiger partial charge in [-0.1, -0.05) is 30.3 Å². The van der Waals surface area contributed by atoms with Crippen LogP contribution in [-0.2, 0) is 0 Å². The quantitative estimate of drug-likeness (QED) is 0.758. The van der Waals surface area contributed by atoms with Gasteiger partial charge in [0.05, 0.1) is 5.69 Å². The van der Waals surface area contributed by atoms with Crippen LogP contribution in [0.1, 0.15) is 11.1 Å². The smallest absolute Gasteiger partial charge is 0.127 e. The summed E-state index contributed by atoms with van der Waals surface area (Å²) in [4.78, 5) is 4.29. The fourth-order valence-electron chi connectivity index (χ4n) is 1.44. The Morgan fingerprint density at radius 2 is 1.75 bits per heavy atom. The predicted molar refractivity (Wildman–Crippen MR) is 66.5 cm³/mol. The van der Waals surface area contributed by atoms with Crippen LogP contribution in [0.3, 0.4) is 0 Å². The van der Waals surface area contributed by atoms with Crippen molar-refractivity contribution in [1.29, 1.82) is 0 Å². The summed E-state index contributed by atoms with van der Waals surface area (Å²) >= 11 is 0. The molecular weight excluding hydrogens is 198 g/mol. The topological polar surface area (TPSA) is 32.6 Å². The van der Waals surface area contributed by atoms with E-state index in [-0.39, 0.29) is 0 Å². The van der Waals surface area contributed by atoms with Crippen LogP contribution in [-0.4, -0.2) is 11.3 Å². The maximum absolute atomic E-state index is 9.78. The summed E-state index contributed by atoms with van der Waals surface area (Å²) in [7, 11) is 0. The zero-order valence-electron chi connectivity index (χ0n) is 9.09. The molecule has 0 aromatic heterocycles. The number of aromatic hydroxyl groups is 1. The van der Waals surface area contributed by atoms with Crippen molar-refractivity contribution in [1.82, 2.24) is 0 Å². The minimum atomic E-state index is 0.294. The fraction of sp³-hybridized carbons (Fsp3) is 0.0714. The number of aryl methyl sites for hydroxylation is 1. The number of hydrogen-bond donors (Lipinski definition) is 1. The number of nitrogens with zero attached hydrogens (tertiary/aromatic N) is 1. The number of para-hydroxylation sites is 2. The third-order valence-corrected chi connectivity index (χ3v) is 2.38. The summed E-state index contributed by atoms with van der Waals surface area (Å²) in [5.41, 5.74) is 2.48. The molecule has 0 fully saturated rings. The van der Waals surface area contributed by atoms with Gasteiger partial charge in [0.15, 0.2) is 0 Å². The molecule has 2 aromatic rings. The van der Waals surface area contributed by atoms with Crippen LogP contribution in [0, 0.1) is 6.92 Å². The van der Waals surface area contributed by atoms with Crippen LogP contribution in [0.15, 0.2) is 53.5 Å². The van der Waals surface area contributed by atoms with Gasteiger partial charge in [-0.2, -0.15) is 0 Å². The van der Waals surface area contributed by atoms with Crippen LogP contribution in [0.25, 0.3) is 0 Å². The first-order chi connectivity index (χ1) is 7.77. The number of phenolic OH excluding ortho intramolecular Hbond substituents is 1. The average molecular weight is 211 g/mol. The lowest BCUT2D eigenvalue weighted by molar-refractivity contribution is 0.470.